The third-order valence-corrected chi connectivity index (χ3v) is 5.70. The molecule has 1 aliphatic carbocycles. The van der Waals surface area contributed by atoms with Gasteiger partial charge in [-0.25, -0.2) is 14.4 Å². The maximum Gasteiger partial charge on any atom is 0.316 e. The number of allylic oxidation sites excluding steroid dienone is 2. The average Bonchev–Trinajstić information content (AvgIpc) is 2.79. The van der Waals surface area contributed by atoms with E-state index in [4.69, 9.17) is 22.7 Å². The maximum atomic E-state index is 14.9. The molecule has 174 valence electrons. The quantitative estimate of drug-likeness (QED) is 0.460. The summed E-state index contributed by atoms with van der Waals surface area (Å²) in [6, 6.07) is 8.11. The normalized spacial score (nSPS) is 14.3. The monoisotopic (exact) mass is 479 g/mol. The number of anilines is 1. The Kier molecular flexibility index (Phi) is 6.11. The molecule has 2 aromatic heterocycles. The van der Waals surface area contributed by atoms with Gasteiger partial charge in [-0.1, -0.05) is 24.4 Å². The lowest BCUT2D eigenvalue weighted by atomic mass is 9.89. The molecule has 8 nitrogen and oxygen atoms in total. The zero-order valence-corrected chi connectivity index (χ0v) is 19.5. The number of hydrogen-bond acceptors (Lipinski definition) is 8. The van der Waals surface area contributed by atoms with E-state index in [2.05, 4.69) is 20.3 Å². The van der Waals surface area contributed by atoms with E-state index in [0.29, 0.717) is 38.5 Å². The molecule has 0 fully saturated rings. The number of nitrogens with zero attached hydrogens (tertiary/aromatic N) is 3. The standard InChI is InChI=1S/C24H22FN5O3S/c1-24(2,32)13-4-5-14(16(25)10-13)12-8-15(22(26)31)21(19(34)9-12)30-20-7-6-17-18(28-20)11-27-23(29-17)33-3/h4-8,10-11,32H,9H2,1-3H3,(H2,26,31)(H,28,30). The fourth-order valence-corrected chi connectivity index (χ4v) is 3.89. The smallest absolute Gasteiger partial charge is 0.316 e. The van der Waals surface area contributed by atoms with Crippen LogP contribution in [-0.4, -0.2) is 37.9 Å². The van der Waals surface area contributed by atoms with Crippen molar-refractivity contribution in [1.82, 2.24) is 15.0 Å². The number of nitrogens with one attached hydrogen (secondary N) is 1. The van der Waals surface area contributed by atoms with Crippen molar-refractivity contribution >= 4 is 45.4 Å². The first-order valence-corrected chi connectivity index (χ1v) is 10.7. The van der Waals surface area contributed by atoms with Crippen LogP contribution in [0.25, 0.3) is 16.6 Å². The summed E-state index contributed by atoms with van der Waals surface area (Å²) in [5, 5.41) is 13.2. The summed E-state index contributed by atoms with van der Waals surface area (Å²) in [7, 11) is 1.47. The number of aromatic nitrogens is 3. The van der Waals surface area contributed by atoms with E-state index < -0.39 is 17.3 Å². The number of nitrogens with two attached hydrogens (primary N) is 1. The second-order valence-electron chi connectivity index (χ2n) is 8.26. The highest BCUT2D eigenvalue weighted by Gasteiger charge is 2.25. The van der Waals surface area contributed by atoms with Crippen LogP contribution in [0.3, 0.4) is 0 Å². The van der Waals surface area contributed by atoms with Crippen LogP contribution >= 0.6 is 12.2 Å². The number of carbonyl (C=O) groups excluding carboxylic acids is 1. The van der Waals surface area contributed by atoms with Crippen molar-refractivity contribution in [3.8, 4) is 6.01 Å². The molecule has 0 saturated heterocycles. The lowest BCUT2D eigenvalue weighted by molar-refractivity contribution is -0.114. The number of rotatable bonds is 6. The zero-order valence-electron chi connectivity index (χ0n) is 18.7. The van der Waals surface area contributed by atoms with E-state index in [0.717, 1.165) is 0 Å². The first-order chi connectivity index (χ1) is 16.1. The largest absolute Gasteiger partial charge is 0.467 e. The van der Waals surface area contributed by atoms with Crippen molar-refractivity contribution in [2.24, 2.45) is 5.73 Å². The van der Waals surface area contributed by atoms with E-state index in [1.807, 2.05) is 0 Å². The molecule has 10 heteroatoms. The van der Waals surface area contributed by atoms with Gasteiger partial charge in [0.2, 0.25) is 0 Å². The predicted molar refractivity (Wildman–Crippen MR) is 131 cm³/mol. The van der Waals surface area contributed by atoms with Crippen LogP contribution in [-0.2, 0) is 10.4 Å². The van der Waals surface area contributed by atoms with E-state index in [1.54, 1.807) is 38.1 Å². The van der Waals surface area contributed by atoms with Crippen molar-refractivity contribution < 1.29 is 19.0 Å². The highest BCUT2D eigenvalue weighted by atomic mass is 32.1. The van der Waals surface area contributed by atoms with E-state index in [-0.39, 0.29) is 23.6 Å². The minimum Gasteiger partial charge on any atom is -0.467 e. The summed E-state index contributed by atoms with van der Waals surface area (Å²) < 4.78 is 19.9. The van der Waals surface area contributed by atoms with Gasteiger partial charge in [-0.2, -0.15) is 4.98 Å². The van der Waals surface area contributed by atoms with Gasteiger partial charge in [0.25, 0.3) is 5.91 Å². The highest BCUT2D eigenvalue weighted by Crippen LogP contribution is 2.33. The first-order valence-electron chi connectivity index (χ1n) is 10.3. The van der Waals surface area contributed by atoms with E-state index in [1.165, 1.54) is 25.4 Å². The lowest BCUT2D eigenvalue weighted by Crippen LogP contribution is -2.24. The SMILES string of the molecule is COc1ncc2nc(NC3=C(C(N)=O)C=C(c4ccc(C(C)(C)O)cc4F)CC3=S)ccc2n1. The predicted octanol–water partition coefficient (Wildman–Crippen LogP) is 3.41. The number of amides is 1. The van der Waals surface area contributed by atoms with Crippen LogP contribution in [0.5, 0.6) is 6.01 Å². The molecule has 0 atom stereocenters. The minimum atomic E-state index is -1.19. The van der Waals surface area contributed by atoms with Gasteiger partial charge in [0.15, 0.2) is 0 Å². The summed E-state index contributed by atoms with van der Waals surface area (Å²) in [4.78, 5) is 25.4. The van der Waals surface area contributed by atoms with Crippen molar-refractivity contribution in [2.75, 3.05) is 12.4 Å². The summed E-state index contributed by atoms with van der Waals surface area (Å²) in [5.41, 5.74) is 7.22. The van der Waals surface area contributed by atoms with Gasteiger partial charge < -0.3 is 20.9 Å². The molecule has 0 radical (unpaired) electrons. The van der Waals surface area contributed by atoms with Crippen molar-refractivity contribution in [3.63, 3.8) is 0 Å². The average molecular weight is 480 g/mol. The molecule has 1 aromatic carbocycles. The second-order valence-corrected chi connectivity index (χ2v) is 8.75. The van der Waals surface area contributed by atoms with E-state index >= 15 is 0 Å². The van der Waals surface area contributed by atoms with Crippen LogP contribution in [0.1, 0.15) is 31.4 Å². The third-order valence-electron chi connectivity index (χ3n) is 5.36. The number of hydrogen-bond donors (Lipinski definition) is 3. The molecule has 3 aromatic rings. The van der Waals surface area contributed by atoms with Gasteiger partial charge in [-0.05, 0) is 49.3 Å². The number of fused-ring (bicyclic) bond motifs is 1. The van der Waals surface area contributed by atoms with Gasteiger partial charge in [0, 0.05) is 16.8 Å². The molecule has 0 aliphatic heterocycles. The number of methoxy groups -OCH3 is 1. The number of primary amides is 1. The molecule has 1 aliphatic rings. The van der Waals surface area contributed by atoms with Crippen LogP contribution in [0.15, 0.2) is 53.9 Å². The molecule has 0 unspecified atom stereocenters. The molecule has 0 spiro atoms. The Morgan fingerprint density at radius 2 is 2.00 bits per heavy atom. The van der Waals surface area contributed by atoms with Gasteiger partial charge in [-0.3, -0.25) is 4.79 Å². The van der Waals surface area contributed by atoms with Gasteiger partial charge in [0.05, 0.1) is 35.7 Å². The van der Waals surface area contributed by atoms with Gasteiger partial charge in [-0.15, -0.1) is 0 Å². The van der Waals surface area contributed by atoms with Crippen LogP contribution in [0.2, 0.25) is 0 Å². The molecule has 2 heterocycles. The van der Waals surface area contributed by atoms with E-state index in [9.17, 15) is 14.3 Å². The van der Waals surface area contributed by atoms with Crippen LogP contribution in [0.4, 0.5) is 10.2 Å². The van der Waals surface area contributed by atoms with Crippen molar-refractivity contribution in [1.29, 1.82) is 0 Å². The Morgan fingerprint density at radius 3 is 2.65 bits per heavy atom. The highest BCUT2D eigenvalue weighted by molar-refractivity contribution is 7.81. The lowest BCUT2D eigenvalue weighted by Gasteiger charge is -2.23. The topological polar surface area (TPSA) is 123 Å². The number of aliphatic hydroxyl groups is 1. The molecule has 34 heavy (non-hydrogen) atoms. The van der Waals surface area contributed by atoms with Crippen LogP contribution < -0.4 is 15.8 Å². The number of carbonyl (C=O) groups is 1. The van der Waals surface area contributed by atoms with Crippen LogP contribution in [0, 0.1) is 5.82 Å². The Balaban J connectivity index is 1.71. The number of benzene rings is 1. The van der Waals surface area contributed by atoms with Gasteiger partial charge in [0.1, 0.15) is 17.2 Å². The maximum absolute atomic E-state index is 14.9. The molecule has 4 rings (SSSR count). The molecular weight excluding hydrogens is 457 g/mol. The summed E-state index contributed by atoms with van der Waals surface area (Å²) >= 11 is 5.56. The number of thiocarbonyl (C=S) groups is 1. The Morgan fingerprint density at radius 1 is 1.24 bits per heavy atom. The minimum absolute atomic E-state index is 0.116. The Labute approximate surface area is 200 Å². The first kappa shape index (κ1) is 23.4. The Bertz CT molecular complexity index is 1400. The third kappa shape index (κ3) is 4.63. The summed E-state index contributed by atoms with van der Waals surface area (Å²) in [5.74, 6) is -0.833. The second kappa shape index (κ2) is 8.88. The summed E-state index contributed by atoms with van der Waals surface area (Å²) in [6.07, 6.45) is 3.26. The van der Waals surface area contributed by atoms with Crippen molar-refractivity contribution in [2.45, 2.75) is 25.9 Å². The Hall–Kier alpha value is -3.76. The summed E-state index contributed by atoms with van der Waals surface area (Å²) in [6.45, 7) is 3.15. The molecule has 1 amide bonds. The molecule has 4 N–H and O–H groups in total. The number of ether oxygens (including phenoxy) is 1. The number of pyridine rings is 1. The fourth-order valence-electron chi connectivity index (χ4n) is 3.57. The zero-order chi connectivity index (χ0) is 24.6. The molecule has 0 bridgehead atoms. The fraction of sp³-hybridized carbons (Fsp3) is 0.208. The molecule has 0 saturated carbocycles. The van der Waals surface area contributed by atoms with Crippen molar-refractivity contribution in [3.05, 3.63) is 70.8 Å². The van der Waals surface area contributed by atoms with Gasteiger partial charge >= 0.3 is 6.01 Å². The number of halogens is 1. The molecular formula is C24H22FN5O3S.